The second-order valence-electron chi connectivity index (χ2n) is 8.33. The van der Waals surface area contributed by atoms with E-state index in [-0.39, 0.29) is 23.6 Å². The van der Waals surface area contributed by atoms with Crippen LogP contribution in [0.2, 0.25) is 5.02 Å². The maximum atomic E-state index is 12.3. The summed E-state index contributed by atoms with van der Waals surface area (Å²) in [6.45, 7) is 6.52. The third-order valence-corrected chi connectivity index (χ3v) is 5.23. The molecule has 0 saturated heterocycles. The maximum absolute atomic E-state index is 12.3. The van der Waals surface area contributed by atoms with Crippen LogP contribution in [-0.2, 0) is 5.41 Å². The summed E-state index contributed by atoms with van der Waals surface area (Å²) >= 11 is 5.84. The van der Waals surface area contributed by atoms with Gasteiger partial charge in [-0.25, -0.2) is 9.78 Å². The number of rotatable bonds is 4. The number of anilines is 1. The average Bonchev–Trinajstić information content (AvgIpc) is 2.65. The van der Waals surface area contributed by atoms with Crippen molar-refractivity contribution in [2.24, 2.45) is 0 Å². The Labute approximate surface area is 171 Å². The second kappa shape index (κ2) is 8.82. The molecule has 3 rings (SSSR count). The van der Waals surface area contributed by atoms with E-state index in [9.17, 15) is 4.79 Å². The van der Waals surface area contributed by atoms with Crippen LogP contribution in [0.3, 0.4) is 0 Å². The Morgan fingerprint density at radius 2 is 1.75 bits per heavy atom. The van der Waals surface area contributed by atoms with Crippen molar-refractivity contribution < 1.29 is 9.53 Å². The molecule has 0 radical (unpaired) electrons. The van der Waals surface area contributed by atoms with E-state index in [1.807, 2.05) is 12.1 Å². The SMILES string of the molecule is CC(C)(C)c1ccc(NC(=O)NC2CCC(Oc3ccc(Cl)cn3)CC2)cc1. The first-order valence-electron chi connectivity index (χ1n) is 9.76. The lowest BCUT2D eigenvalue weighted by Crippen LogP contribution is -2.41. The zero-order chi connectivity index (χ0) is 20.1. The molecule has 1 saturated carbocycles. The van der Waals surface area contributed by atoms with Gasteiger partial charge in [-0.1, -0.05) is 44.5 Å². The molecule has 0 aliphatic heterocycles. The fraction of sp³-hybridized carbons (Fsp3) is 0.455. The van der Waals surface area contributed by atoms with Gasteiger partial charge in [0.15, 0.2) is 0 Å². The van der Waals surface area contributed by atoms with Crippen LogP contribution in [0, 0.1) is 0 Å². The van der Waals surface area contributed by atoms with Crippen LogP contribution in [0.5, 0.6) is 5.88 Å². The maximum Gasteiger partial charge on any atom is 0.319 e. The zero-order valence-electron chi connectivity index (χ0n) is 16.7. The standard InChI is InChI=1S/C22H28ClN3O2/c1-22(2,3)15-4-7-17(8-5-15)25-21(27)26-18-9-11-19(12-10-18)28-20-13-6-16(23)14-24-20/h4-8,13-14,18-19H,9-12H2,1-3H3,(H2,25,26,27). The van der Waals surface area contributed by atoms with Gasteiger partial charge in [-0.2, -0.15) is 0 Å². The Morgan fingerprint density at radius 3 is 2.32 bits per heavy atom. The number of ether oxygens (including phenoxy) is 1. The highest BCUT2D eigenvalue weighted by Crippen LogP contribution is 2.25. The Balaban J connectivity index is 1.42. The van der Waals surface area contributed by atoms with Crippen LogP contribution in [0.25, 0.3) is 0 Å². The van der Waals surface area contributed by atoms with Gasteiger partial charge in [-0.05, 0) is 54.9 Å². The lowest BCUT2D eigenvalue weighted by atomic mass is 9.87. The number of amides is 2. The Hall–Kier alpha value is -2.27. The van der Waals surface area contributed by atoms with Crippen LogP contribution >= 0.6 is 11.6 Å². The summed E-state index contributed by atoms with van der Waals surface area (Å²) in [5.41, 5.74) is 2.14. The molecule has 0 unspecified atom stereocenters. The summed E-state index contributed by atoms with van der Waals surface area (Å²) in [6.07, 6.45) is 5.25. The fourth-order valence-corrected chi connectivity index (χ4v) is 3.45. The predicted molar refractivity (Wildman–Crippen MR) is 113 cm³/mol. The normalized spacial score (nSPS) is 19.7. The van der Waals surface area contributed by atoms with E-state index in [0.717, 1.165) is 31.4 Å². The molecule has 0 spiro atoms. The average molecular weight is 402 g/mol. The Kier molecular flexibility index (Phi) is 6.45. The molecule has 1 aromatic carbocycles. The van der Waals surface area contributed by atoms with Crippen molar-refractivity contribution in [3.05, 3.63) is 53.2 Å². The predicted octanol–water partition coefficient (Wildman–Crippen LogP) is 5.54. The monoisotopic (exact) mass is 401 g/mol. The smallest absolute Gasteiger partial charge is 0.319 e. The molecule has 2 N–H and O–H groups in total. The van der Waals surface area contributed by atoms with E-state index in [0.29, 0.717) is 10.9 Å². The molecule has 150 valence electrons. The van der Waals surface area contributed by atoms with E-state index < -0.39 is 0 Å². The van der Waals surface area contributed by atoms with Gasteiger partial charge in [0.05, 0.1) is 5.02 Å². The van der Waals surface area contributed by atoms with Crippen LogP contribution in [-0.4, -0.2) is 23.2 Å². The van der Waals surface area contributed by atoms with Gasteiger partial charge in [-0.15, -0.1) is 0 Å². The number of aromatic nitrogens is 1. The highest BCUT2D eigenvalue weighted by Gasteiger charge is 2.24. The third-order valence-electron chi connectivity index (χ3n) is 5.01. The topological polar surface area (TPSA) is 63.2 Å². The second-order valence-corrected chi connectivity index (χ2v) is 8.77. The minimum Gasteiger partial charge on any atom is -0.474 e. The molecule has 1 aliphatic carbocycles. The van der Waals surface area contributed by atoms with Gasteiger partial charge in [0.25, 0.3) is 0 Å². The van der Waals surface area contributed by atoms with Crippen molar-refractivity contribution in [1.29, 1.82) is 0 Å². The van der Waals surface area contributed by atoms with Gasteiger partial charge < -0.3 is 15.4 Å². The molecule has 1 fully saturated rings. The molecular formula is C22H28ClN3O2. The number of hydrogen-bond acceptors (Lipinski definition) is 3. The summed E-state index contributed by atoms with van der Waals surface area (Å²) in [7, 11) is 0. The molecule has 0 bridgehead atoms. The zero-order valence-corrected chi connectivity index (χ0v) is 17.4. The van der Waals surface area contributed by atoms with Crippen molar-refractivity contribution in [3.8, 4) is 5.88 Å². The summed E-state index contributed by atoms with van der Waals surface area (Å²) < 4.78 is 5.90. The van der Waals surface area contributed by atoms with Crippen molar-refractivity contribution in [2.45, 2.75) is 64.0 Å². The van der Waals surface area contributed by atoms with Crippen molar-refractivity contribution in [1.82, 2.24) is 10.3 Å². The van der Waals surface area contributed by atoms with Gasteiger partial charge in [-0.3, -0.25) is 0 Å². The van der Waals surface area contributed by atoms with E-state index >= 15 is 0 Å². The molecule has 2 aromatic rings. The molecule has 1 aromatic heterocycles. The Bertz CT molecular complexity index is 777. The summed E-state index contributed by atoms with van der Waals surface area (Å²) in [5, 5.41) is 6.58. The minimum atomic E-state index is -0.160. The van der Waals surface area contributed by atoms with Crippen LogP contribution in [0.15, 0.2) is 42.6 Å². The number of urea groups is 1. The molecule has 5 nitrogen and oxygen atoms in total. The summed E-state index contributed by atoms with van der Waals surface area (Å²) in [6, 6.07) is 11.6. The molecular weight excluding hydrogens is 374 g/mol. The van der Waals surface area contributed by atoms with Gasteiger partial charge in [0.2, 0.25) is 5.88 Å². The number of carbonyl (C=O) groups excluding carboxylic acids is 1. The van der Waals surface area contributed by atoms with E-state index in [2.05, 4.69) is 48.5 Å². The lowest BCUT2D eigenvalue weighted by molar-refractivity contribution is 0.135. The summed E-state index contributed by atoms with van der Waals surface area (Å²) in [4.78, 5) is 16.5. The lowest BCUT2D eigenvalue weighted by Gasteiger charge is -2.29. The van der Waals surface area contributed by atoms with Crippen molar-refractivity contribution in [3.63, 3.8) is 0 Å². The molecule has 6 heteroatoms. The highest BCUT2D eigenvalue weighted by atomic mass is 35.5. The highest BCUT2D eigenvalue weighted by molar-refractivity contribution is 6.30. The first-order valence-corrected chi connectivity index (χ1v) is 10.1. The number of pyridine rings is 1. The number of halogens is 1. The third kappa shape index (κ3) is 5.86. The van der Waals surface area contributed by atoms with Crippen molar-refractivity contribution in [2.75, 3.05) is 5.32 Å². The molecule has 0 atom stereocenters. The number of nitrogens with one attached hydrogen (secondary N) is 2. The quantitative estimate of drug-likeness (QED) is 0.706. The van der Waals surface area contributed by atoms with Crippen LogP contribution in [0.4, 0.5) is 10.5 Å². The first kappa shape index (κ1) is 20.5. The Morgan fingerprint density at radius 1 is 1.07 bits per heavy atom. The van der Waals surface area contributed by atoms with Crippen molar-refractivity contribution >= 4 is 23.3 Å². The van der Waals surface area contributed by atoms with E-state index in [4.69, 9.17) is 16.3 Å². The van der Waals surface area contributed by atoms with E-state index in [1.165, 1.54) is 5.56 Å². The number of benzene rings is 1. The van der Waals surface area contributed by atoms with Gasteiger partial charge >= 0.3 is 6.03 Å². The molecule has 28 heavy (non-hydrogen) atoms. The number of hydrogen-bond donors (Lipinski definition) is 2. The van der Waals surface area contributed by atoms with Gasteiger partial charge in [0.1, 0.15) is 6.10 Å². The van der Waals surface area contributed by atoms with Gasteiger partial charge in [0, 0.05) is 24.0 Å². The number of nitrogens with zero attached hydrogens (tertiary/aromatic N) is 1. The van der Waals surface area contributed by atoms with Crippen LogP contribution in [0.1, 0.15) is 52.0 Å². The molecule has 1 aliphatic rings. The largest absolute Gasteiger partial charge is 0.474 e. The first-order chi connectivity index (χ1) is 13.3. The van der Waals surface area contributed by atoms with E-state index in [1.54, 1.807) is 18.3 Å². The molecule has 1 heterocycles. The molecule has 2 amide bonds. The summed E-state index contributed by atoms with van der Waals surface area (Å²) in [5.74, 6) is 0.595. The van der Waals surface area contributed by atoms with Crippen LogP contribution < -0.4 is 15.4 Å². The minimum absolute atomic E-state index is 0.100. The number of carbonyl (C=O) groups is 1. The fourth-order valence-electron chi connectivity index (χ4n) is 3.33.